The summed E-state index contributed by atoms with van der Waals surface area (Å²) in [5.41, 5.74) is 1.65. The number of esters is 1. The number of aromatic nitrogens is 2. The monoisotopic (exact) mass is 377 g/mol. The predicted molar refractivity (Wildman–Crippen MR) is 105 cm³/mol. The number of anilines is 2. The number of rotatable bonds is 7. The molecule has 0 unspecified atom stereocenters. The van der Waals surface area contributed by atoms with Crippen molar-refractivity contribution in [3.05, 3.63) is 78.8 Å². The molecule has 7 nitrogen and oxygen atoms in total. The molecule has 1 N–H and O–H groups in total. The number of para-hydroxylation sites is 2. The minimum absolute atomic E-state index is 0.234. The highest BCUT2D eigenvalue weighted by atomic mass is 16.5. The van der Waals surface area contributed by atoms with Gasteiger partial charge in [-0.05, 0) is 18.2 Å². The standard InChI is InChI=1S/C21H19N3O4/c1-26-13-17(21(25)27-2)16-10-6-7-11-18(16)28-20-12-19(22-14-23-20)24-15-8-4-3-5-9-15/h3-14H,1-2H3,(H,22,23,24). The van der Waals surface area contributed by atoms with E-state index in [-0.39, 0.29) is 5.57 Å². The van der Waals surface area contributed by atoms with Crippen molar-refractivity contribution in [2.24, 2.45) is 0 Å². The summed E-state index contributed by atoms with van der Waals surface area (Å²) in [4.78, 5) is 20.4. The molecule has 0 aliphatic rings. The lowest BCUT2D eigenvalue weighted by molar-refractivity contribution is -0.133. The molecule has 0 amide bonds. The van der Waals surface area contributed by atoms with Gasteiger partial charge in [0.1, 0.15) is 23.5 Å². The molecule has 0 fully saturated rings. The summed E-state index contributed by atoms with van der Waals surface area (Å²) < 4.78 is 15.8. The van der Waals surface area contributed by atoms with Gasteiger partial charge in [0.05, 0.1) is 20.5 Å². The van der Waals surface area contributed by atoms with E-state index in [1.807, 2.05) is 30.3 Å². The molecule has 0 saturated heterocycles. The van der Waals surface area contributed by atoms with E-state index < -0.39 is 5.97 Å². The molecule has 0 aliphatic carbocycles. The van der Waals surface area contributed by atoms with E-state index in [2.05, 4.69) is 15.3 Å². The Morgan fingerprint density at radius 1 is 1.00 bits per heavy atom. The van der Waals surface area contributed by atoms with Crippen LogP contribution in [0.1, 0.15) is 5.56 Å². The summed E-state index contributed by atoms with van der Waals surface area (Å²) in [5.74, 6) is 0.796. The fraction of sp³-hybridized carbons (Fsp3) is 0.0952. The molecule has 142 valence electrons. The van der Waals surface area contributed by atoms with E-state index in [4.69, 9.17) is 14.2 Å². The molecular formula is C21H19N3O4. The lowest BCUT2D eigenvalue weighted by atomic mass is 10.1. The van der Waals surface area contributed by atoms with Crippen LogP contribution in [0.25, 0.3) is 5.57 Å². The quantitative estimate of drug-likeness (QED) is 0.376. The molecular weight excluding hydrogens is 358 g/mol. The van der Waals surface area contributed by atoms with E-state index in [0.29, 0.717) is 23.0 Å². The largest absolute Gasteiger partial charge is 0.503 e. The number of hydrogen-bond acceptors (Lipinski definition) is 7. The Kier molecular flexibility index (Phi) is 6.20. The molecule has 0 atom stereocenters. The van der Waals surface area contributed by atoms with Gasteiger partial charge in [-0.3, -0.25) is 0 Å². The zero-order valence-electron chi connectivity index (χ0n) is 15.5. The number of nitrogens with one attached hydrogen (secondary N) is 1. The first-order chi connectivity index (χ1) is 13.7. The fourth-order valence-electron chi connectivity index (χ4n) is 2.47. The van der Waals surface area contributed by atoms with Gasteiger partial charge in [-0.15, -0.1) is 0 Å². The van der Waals surface area contributed by atoms with Crippen LogP contribution in [0.4, 0.5) is 11.5 Å². The summed E-state index contributed by atoms with van der Waals surface area (Å²) in [5, 5.41) is 3.18. The molecule has 2 aromatic carbocycles. The van der Waals surface area contributed by atoms with Crippen molar-refractivity contribution in [1.29, 1.82) is 0 Å². The van der Waals surface area contributed by atoms with Gasteiger partial charge < -0.3 is 19.5 Å². The number of hydrogen-bond donors (Lipinski definition) is 1. The van der Waals surface area contributed by atoms with Crippen molar-refractivity contribution in [2.75, 3.05) is 19.5 Å². The van der Waals surface area contributed by atoms with Gasteiger partial charge in [0.25, 0.3) is 0 Å². The number of carbonyl (C=O) groups is 1. The number of ether oxygens (including phenoxy) is 3. The Morgan fingerprint density at radius 3 is 2.50 bits per heavy atom. The molecule has 3 aromatic rings. The van der Waals surface area contributed by atoms with E-state index in [1.54, 1.807) is 30.3 Å². The number of benzene rings is 2. The first-order valence-corrected chi connectivity index (χ1v) is 8.44. The summed E-state index contributed by atoms with van der Waals surface area (Å²) in [6.45, 7) is 0. The molecule has 0 spiro atoms. The first kappa shape index (κ1) is 18.9. The summed E-state index contributed by atoms with van der Waals surface area (Å²) in [7, 11) is 2.76. The second-order valence-electron chi connectivity index (χ2n) is 5.59. The van der Waals surface area contributed by atoms with Gasteiger partial charge in [0.15, 0.2) is 0 Å². The van der Waals surface area contributed by atoms with Gasteiger partial charge in [-0.2, -0.15) is 0 Å². The molecule has 28 heavy (non-hydrogen) atoms. The third kappa shape index (κ3) is 4.64. The highest BCUT2D eigenvalue weighted by molar-refractivity contribution is 6.17. The van der Waals surface area contributed by atoms with Crippen molar-refractivity contribution < 1.29 is 19.0 Å². The van der Waals surface area contributed by atoms with E-state index in [9.17, 15) is 4.79 Å². The van der Waals surface area contributed by atoms with Gasteiger partial charge in [-0.25, -0.2) is 14.8 Å². The fourth-order valence-corrected chi connectivity index (χ4v) is 2.47. The number of methoxy groups -OCH3 is 2. The maximum atomic E-state index is 12.1. The van der Waals surface area contributed by atoms with Crippen molar-refractivity contribution >= 4 is 23.0 Å². The Morgan fingerprint density at radius 2 is 1.75 bits per heavy atom. The average Bonchev–Trinajstić information content (AvgIpc) is 2.73. The highest BCUT2D eigenvalue weighted by Crippen LogP contribution is 2.31. The molecule has 7 heteroatoms. The van der Waals surface area contributed by atoms with Gasteiger partial charge in [-0.1, -0.05) is 36.4 Å². The normalized spacial score (nSPS) is 10.9. The van der Waals surface area contributed by atoms with E-state index in [1.165, 1.54) is 26.8 Å². The van der Waals surface area contributed by atoms with Crippen molar-refractivity contribution in [2.45, 2.75) is 0 Å². The van der Waals surface area contributed by atoms with Gasteiger partial charge >= 0.3 is 5.97 Å². The third-order valence-electron chi connectivity index (χ3n) is 3.72. The van der Waals surface area contributed by atoms with Gasteiger partial charge in [0.2, 0.25) is 5.88 Å². The topological polar surface area (TPSA) is 82.6 Å². The zero-order valence-corrected chi connectivity index (χ0v) is 15.5. The molecule has 1 aromatic heterocycles. The van der Waals surface area contributed by atoms with Crippen LogP contribution >= 0.6 is 0 Å². The molecule has 0 radical (unpaired) electrons. The van der Waals surface area contributed by atoms with Crippen LogP contribution in [0.3, 0.4) is 0 Å². The van der Waals surface area contributed by atoms with Crippen LogP contribution in [0.15, 0.2) is 73.3 Å². The maximum Gasteiger partial charge on any atom is 0.341 e. The molecule has 0 bridgehead atoms. The zero-order chi connectivity index (χ0) is 19.8. The van der Waals surface area contributed by atoms with Crippen molar-refractivity contribution in [3.63, 3.8) is 0 Å². The number of carbonyl (C=O) groups excluding carboxylic acids is 1. The summed E-state index contributed by atoms with van der Waals surface area (Å²) in [6, 6.07) is 18.4. The maximum absolute atomic E-state index is 12.1. The Bertz CT molecular complexity index is 974. The van der Waals surface area contributed by atoms with Gasteiger partial charge in [0, 0.05) is 17.3 Å². The molecule has 0 saturated carbocycles. The lowest BCUT2D eigenvalue weighted by Crippen LogP contribution is -2.06. The van der Waals surface area contributed by atoms with E-state index in [0.717, 1.165) is 5.69 Å². The highest BCUT2D eigenvalue weighted by Gasteiger charge is 2.18. The smallest absolute Gasteiger partial charge is 0.341 e. The Hall–Kier alpha value is -3.87. The number of nitrogens with zero attached hydrogens (tertiary/aromatic N) is 2. The minimum Gasteiger partial charge on any atom is -0.503 e. The second kappa shape index (κ2) is 9.18. The molecule has 1 heterocycles. The second-order valence-corrected chi connectivity index (χ2v) is 5.59. The molecule has 3 rings (SSSR count). The lowest BCUT2D eigenvalue weighted by Gasteiger charge is -2.12. The summed E-state index contributed by atoms with van der Waals surface area (Å²) >= 11 is 0. The van der Waals surface area contributed by atoms with Crippen molar-refractivity contribution in [3.8, 4) is 11.6 Å². The van der Waals surface area contributed by atoms with Crippen LogP contribution in [-0.2, 0) is 14.3 Å². The van der Waals surface area contributed by atoms with Crippen molar-refractivity contribution in [1.82, 2.24) is 9.97 Å². The first-order valence-electron chi connectivity index (χ1n) is 8.44. The van der Waals surface area contributed by atoms with Crippen LogP contribution in [0, 0.1) is 0 Å². The Labute approximate surface area is 162 Å². The van der Waals surface area contributed by atoms with Crippen LogP contribution in [0.2, 0.25) is 0 Å². The van der Waals surface area contributed by atoms with E-state index >= 15 is 0 Å². The average molecular weight is 377 g/mol. The third-order valence-corrected chi connectivity index (χ3v) is 3.72. The molecule has 0 aliphatic heterocycles. The predicted octanol–water partition coefficient (Wildman–Crippen LogP) is 4.17. The SMILES string of the molecule is COC=C(C(=O)OC)c1ccccc1Oc1cc(Nc2ccccc2)ncn1. The summed E-state index contributed by atoms with van der Waals surface area (Å²) in [6.07, 6.45) is 2.71. The van der Waals surface area contributed by atoms with Crippen LogP contribution in [0.5, 0.6) is 11.6 Å². The van der Waals surface area contributed by atoms with Crippen LogP contribution < -0.4 is 10.1 Å². The minimum atomic E-state index is -0.535. The van der Waals surface area contributed by atoms with Crippen LogP contribution in [-0.4, -0.2) is 30.2 Å². The Balaban J connectivity index is 1.87.